The van der Waals surface area contributed by atoms with E-state index in [2.05, 4.69) is 9.97 Å². The van der Waals surface area contributed by atoms with Gasteiger partial charge in [0, 0.05) is 24.6 Å². The van der Waals surface area contributed by atoms with Crippen LogP contribution in [0.4, 0.5) is 10.2 Å². The lowest BCUT2D eigenvalue weighted by Crippen LogP contribution is -2.37. The van der Waals surface area contributed by atoms with Gasteiger partial charge < -0.3 is 10.6 Å². The van der Waals surface area contributed by atoms with E-state index >= 15 is 0 Å². The molecule has 1 aromatic heterocycles. The van der Waals surface area contributed by atoms with E-state index in [1.807, 2.05) is 4.90 Å². The monoisotopic (exact) mass is 328 g/mol. The van der Waals surface area contributed by atoms with Crippen molar-refractivity contribution in [3.63, 3.8) is 0 Å². The minimum absolute atomic E-state index is 0.0339. The van der Waals surface area contributed by atoms with Gasteiger partial charge in [-0.15, -0.1) is 0 Å². The third-order valence-corrected chi connectivity index (χ3v) is 4.19. The number of halogens is 1. The minimum atomic E-state index is -0.620. The highest BCUT2D eigenvalue weighted by atomic mass is 19.1. The van der Waals surface area contributed by atoms with Crippen LogP contribution in [0.3, 0.4) is 0 Å². The van der Waals surface area contributed by atoms with E-state index in [0.29, 0.717) is 37.3 Å². The molecule has 0 unspecified atom stereocenters. The van der Waals surface area contributed by atoms with Gasteiger partial charge in [0.05, 0.1) is 12.4 Å². The quantitative estimate of drug-likeness (QED) is 0.865. The van der Waals surface area contributed by atoms with E-state index in [9.17, 15) is 14.0 Å². The third kappa shape index (κ3) is 3.40. The standard InChI is InChI=1S/C17H17FN4O2/c18-13-3-1-11(2-4-13)16(23)12-5-7-22(8-6-12)15-10-20-9-14(21-15)17(19)24/h1-4,9-10,12H,5-8H2,(H2,19,24). The number of anilines is 1. The molecule has 0 aliphatic carbocycles. The Balaban J connectivity index is 1.65. The van der Waals surface area contributed by atoms with E-state index in [0.717, 1.165) is 0 Å². The molecule has 1 aromatic carbocycles. The maximum atomic E-state index is 13.0. The van der Waals surface area contributed by atoms with Crippen molar-refractivity contribution in [2.24, 2.45) is 11.7 Å². The second kappa shape index (κ2) is 6.74. The fourth-order valence-electron chi connectivity index (χ4n) is 2.85. The summed E-state index contributed by atoms with van der Waals surface area (Å²) in [6.07, 6.45) is 4.24. The number of hydrogen-bond donors (Lipinski definition) is 1. The molecular formula is C17H17FN4O2. The van der Waals surface area contributed by atoms with Gasteiger partial charge in [-0.1, -0.05) is 0 Å². The molecule has 1 aliphatic rings. The van der Waals surface area contributed by atoms with Crippen LogP contribution in [0.15, 0.2) is 36.7 Å². The summed E-state index contributed by atoms with van der Waals surface area (Å²) < 4.78 is 13.0. The number of carbonyl (C=O) groups excluding carboxylic acids is 2. The fourth-order valence-corrected chi connectivity index (χ4v) is 2.85. The van der Waals surface area contributed by atoms with Gasteiger partial charge in [-0.25, -0.2) is 9.37 Å². The number of carbonyl (C=O) groups is 2. The summed E-state index contributed by atoms with van der Waals surface area (Å²) in [5, 5.41) is 0. The fraction of sp³-hybridized carbons (Fsp3) is 0.294. The molecule has 1 amide bonds. The number of amides is 1. The molecule has 1 fully saturated rings. The van der Waals surface area contributed by atoms with Gasteiger partial charge in [-0.2, -0.15) is 0 Å². The maximum absolute atomic E-state index is 13.0. The Morgan fingerprint density at radius 2 is 1.79 bits per heavy atom. The summed E-state index contributed by atoms with van der Waals surface area (Å²) in [5.74, 6) is -0.454. The molecule has 1 aliphatic heterocycles. The Morgan fingerprint density at radius 1 is 1.12 bits per heavy atom. The number of primary amides is 1. The summed E-state index contributed by atoms with van der Waals surface area (Å²) in [5.41, 5.74) is 5.87. The van der Waals surface area contributed by atoms with E-state index in [1.165, 1.54) is 30.5 Å². The molecule has 7 heteroatoms. The number of benzene rings is 1. The smallest absolute Gasteiger partial charge is 0.268 e. The molecule has 0 radical (unpaired) electrons. The zero-order valence-electron chi connectivity index (χ0n) is 13.0. The van der Waals surface area contributed by atoms with Crippen LogP contribution in [0.1, 0.15) is 33.7 Å². The lowest BCUT2D eigenvalue weighted by Gasteiger charge is -2.32. The van der Waals surface area contributed by atoms with Crippen molar-refractivity contribution < 1.29 is 14.0 Å². The van der Waals surface area contributed by atoms with Crippen molar-refractivity contribution >= 4 is 17.5 Å². The van der Waals surface area contributed by atoms with Gasteiger partial charge in [0.15, 0.2) is 5.78 Å². The van der Waals surface area contributed by atoms with Gasteiger partial charge in [0.1, 0.15) is 17.3 Å². The Morgan fingerprint density at radius 3 is 2.42 bits per heavy atom. The summed E-state index contributed by atoms with van der Waals surface area (Å²) in [7, 11) is 0. The number of ketones is 1. The first-order valence-corrected chi connectivity index (χ1v) is 7.71. The van der Waals surface area contributed by atoms with Gasteiger partial charge in [-0.3, -0.25) is 14.6 Å². The average molecular weight is 328 g/mol. The van der Waals surface area contributed by atoms with Crippen LogP contribution in [-0.4, -0.2) is 34.7 Å². The van der Waals surface area contributed by atoms with Crippen molar-refractivity contribution in [1.29, 1.82) is 0 Å². The van der Waals surface area contributed by atoms with Crippen LogP contribution >= 0.6 is 0 Å². The van der Waals surface area contributed by atoms with Crippen LogP contribution in [0.5, 0.6) is 0 Å². The number of rotatable bonds is 4. The van der Waals surface area contributed by atoms with Gasteiger partial charge in [-0.05, 0) is 37.1 Å². The SMILES string of the molecule is NC(=O)c1cncc(N2CCC(C(=O)c3ccc(F)cc3)CC2)n1. The summed E-state index contributed by atoms with van der Waals surface area (Å²) in [6, 6.07) is 5.64. The molecule has 0 saturated carbocycles. The van der Waals surface area contributed by atoms with Crippen LogP contribution in [0.25, 0.3) is 0 Å². The molecular weight excluding hydrogens is 311 g/mol. The van der Waals surface area contributed by atoms with E-state index in [4.69, 9.17) is 5.73 Å². The largest absolute Gasteiger partial charge is 0.364 e. The molecule has 24 heavy (non-hydrogen) atoms. The molecule has 0 atom stereocenters. The number of aromatic nitrogens is 2. The number of piperidine rings is 1. The van der Waals surface area contributed by atoms with Gasteiger partial charge >= 0.3 is 0 Å². The highest BCUT2D eigenvalue weighted by molar-refractivity contribution is 5.98. The van der Waals surface area contributed by atoms with Crippen LogP contribution in [0.2, 0.25) is 0 Å². The number of nitrogens with zero attached hydrogens (tertiary/aromatic N) is 3. The highest BCUT2D eigenvalue weighted by Gasteiger charge is 2.26. The second-order valence-electron chi connectivity index (χ2n) is 5.76. The predicted molar refractivity (Wildman–Crippen MR) is 86.2 cm³/mol. The number of Topliss-reactive ketones (excluding diaryl/α,β-unsaturated/α-hetero) is 1. The lowest BCUT2D eigenvalue weighted by atomic mass is 9.89. The lowest BCUT2D eigenvalue weighted by molar-refractivity contribution is 0.0900. The molecule has 124 valence electrons. The summed E-state index contributed by atoms with van der Waals surface area (Å²) >= 11 is 0. The zero-order valence-corrected chi connectivity index (χ0v) is 13.0. The molecule has 6 nitrogen and oxygen atoms in total. The molecule has 1 saturated heterocycles. The topological polar surface area (TPSA) is 89.2 Å². The van der Waals surface area contributed by atoms with Crippen molar-refractivity contribution in [2.75, 3.05) is 18.0 Å². The normalized spacial score (nSPS) is 15.3. The molecule has 3 rings (SSSR count). The summed E-state index contributed by atoms with van der Waals surface area (Å²) in [4.78, 5) is 33.8. The minimum Gasteiger partial charge on any atom is -0.364 e. The first-order valence-electron chi connectivity index (χ1n) is 7.71. The van der Waals surface area contributed by atoms with Crippen molar-refractivity contribution in [3.8, 4) is 0 Å². The number of hydrogen-bond acceptors (Lipinski definition) is 5. The first kappa shape index (κ1) is 16.0. The molecule has 2 aromatic rings. The van der Waals surface area contributed by atoms with Crippen LogP contribution in [0, 0.1) is 11.7 Å². The van der Waals surface area contributed by atoms with Gasteiger partial charge in [0.2, 0.25) is 0 Å². The zero-order chi connectivity index (χ0) is 17.1. The van der Waals surface area contributed by atoms with Crippen molar-refractivity contribution in [1.82, 2.24) is 9.97 Å². The third-order valence-electron chi connectivity index (χ3n) is 4.19. The van der Waals surface area contributed by atoms with E-state index < -0.39 is 5.91 Å². The van der Waals surface area contributed by atoms with Crippen molar-refractivity contribution in [3.05, 3.63) is 53.7 Å². The molecule has 0 spiro atoms. The molecule has 2 heterocycles. The first-order chi connectivity index (χ1) is 11.5. The Kier molecular flexibility index (Phi) is 4.50. The average Bonchev–Trinajstić information content (AvgIpc) is 2.62. The summed E-state index contributed by atoms with van der Waals surface area (Å²) in [6.45, 7) is 1.27. The highest BCUT2D eigenvalue weighted by Crippen LogP contribution is 2.24. The maximum Gasteiger partial charge on any atom is 0.268 e. The van der Waals surface area contributed by atoms with E-state index in [1.54, 1.807) is 6.20 Å². The Hall–Kier alpha value is -2.83. The van der Waals surface area contributed by atoms with E-state index in [-0.39, 0.29) is 23.2 Å². The number of nitrogens with two attached hydrogens (primary N) is 1. The molecule has 2 N–H and O–H groups in total. The van der Waals surface area contributed by atoms with Crippen molar-refractivity contribution in [2.45, 2.75) is 12.8 Å². The molecule has 0 bridgehead atoms. The van der Waals surface area contributed by atoms with Gasteiger partial charge in [0.25, 0.3) is 5.91 Å². The second-order valence-corrected chi connectivity index (χ2v) is 5.76. The Labute approximate surface area is 138 Å². The van der Waals surface area contributed by atoms with Crippen LogP contribution < -0.4 is 10.6 Å². The predicted octanol–water partition coefficient (Wildman–Crippen LogP) is 1.81. The Bertz CT molecular complexity index is 755. The van der Waals surface area contributed by atoms with Crippen LogP contribution in [-0.2, 0) is 0 Å².